The van der Waals surface area contributed by atoms with Gasteiger partial charge in [-0.25, -0.2) is 13.2 Å². The molecule has 0 aromatic heterocycles. The Morgan fingerprint density at radius 3 is 2.29 bits per heavy atom. The molecule has 1 N–H and O–H groups in total. The molecular formula is C17H20F3N. The maximum atomic E-state index is 14.1. The Morgan fingerprint density at radius 2 is 1.67 bits per heavy atom. The lowest BCUT2D eigenvalue weighted by Gasteiger charge is -2.22. The van der Waals surface area contributed by atoms with Crippen LogP contribution in [0.2, 0.25) is 0 Å². The summed E-state index contributed by atoms with van der Waals surface area (Å²) in [6.07, 6.45) is 3.91. The molecule has 0 heterocycles. The minimum atomic E-state index is -1.11. The number of hydrogen-bond donors (Lipinski definition) is 1. The van der Waals surface area contributed by atoms with Crippen LogP contribution in [0.1, 0.15) is 37.8 Å². The van der Waals surface area contributed by atoms with E-state index in [-0.39, 0.29) is 6.04 Å². The van der Waals surface area contributed by atoms with E-state index in [0.29, 0.717) is 35.9 Å². The lowest BCUT2D eigenvalue weighted by atomic mass is 9.92. The number of hydrogen-bond acceptors (Lipinski definition) is 1. The molecule has 0 amide bonds. The Morgan fingerprint density at radius 1 is 1.05 bits per heavy atom. The van der Waals surface area contributed by atoms with Crippen molar-refractivity contribution in [3.8, 4) is 0 Å². The summed E-state index contributed by atoms with van der Waals surface area (Å²) in [6, 6.07) is 1.55. The van der Waals surface area contributed by atoms with E-state index in [0.717, 1.165) is 17.9 Å². The van der Waals surface area contributed by atoms with Crippen LogP contribution in [0.4, 0.5) is 13.2 Å². The minimum Gasteiger partial charge on any atom is -0.310 e. The second-order valence-corrected chi connectivity index (χ2v) is 6.89. The summed E-state index contributed by atoms with van der Waals surface area (Å²) >= 11 is 0. The largest absolute Gasteiger partial charge is 0.310 e. The third-order valence-corrected chi connectivity index (χ3v) is 5.98. The summed E-state index contributed by atoms with van der Waals surface area (Å²) in [6.45, 7) is 2.67. The Balaban J connectivity index is 1.66. The van der Waals surface area contributed by atoms with Crippen LogP contribution in [-0.4, -0.2) is 6.54 Å². The molecule has 114 valence electrons. The summed E-state index contributed by atoms with van der Waals surface area (Å²) in [5.41, 5.74) is 0.301. The lowest BCUT2D eigenvalue weighted by molar-refractivity contribution is 0.363. The standard InChI is InChI=1S/C17H20F3N/c1-2-21-17(10-6-12(19)13(20)7-11(10)18)16-14-8-3-4-9(5-8)15(14)16/h6-9,14-17,21H,2-5H2,1H3. The van der Waals surface area contributed by atoms with Gasteiger partial charge in [-0.2, -0.15) is 0 Å². The van der Waals surface area contributed by atoms with Crippen LogP contribution in [-0.2, 0) is 0 Å². The van der Waals surface area contributed by atoms with Crippen LogP contribution in [0.5, 0.6) is 0 Å². The number of halogens is 3. The predicted molar refractivity (Wildman–Crippen MR) is 74.0 cm³/mol. The zero-order chi connectivity index (χ0) is 14.7. The summed E-state index contributed by atoms with van der Waals surface area (Å²) in [5, 5.41) is 3.32. The molecule has 1 nitrogen and oxygen atoms in total. The Labute approximate surface area is 122 Å². The lowest BCUT2D eigenvalue weighted by Crippen LogP contribution is -2.26. The van der Waals surface area contributed by atoms with E-state index in [1.165, 1.54) is 19.3 Å². The number of rotatable bonds is 4. The zero-order valence-electron chi connectivity index (χ0n) is 12.1. The van der Waals surface area contributed by atoms with E-state index in [1.807, 2.05) is 6.92 Å². The van der Waals surface area contributed by atoms with Crippen molar-refractivity contribution in [2.75, 3.05) is 6.54 Å². The van der Waals surface area contributed by atoms with Gasteiger partial charge in [0, 0.05) is 17.7 Å². The first-order valence-electron chi connectivity index (χ1n) is 7.99. The van der Waals surface area contributed by atoms with Crippen molar-refractivity contribution in [3.63, 3.8) is 0 Å². The van der Waals surface area contributed by atoms with Crippen molar-refractivity contribution in [2.24, 2.45) is 29.6 Å². The average Bonchev–Trinajstić information content (AvgIpc) is 2.87. The monoisotopic (exact) mass is 295 g/mol. The Kier molecular flexibility index (Phi) is 3.07. The highest BCUT2D eigenvalue weighted by Crippen LogP contribution is 2.72. The van der Waals surface area contributed by atoms with Crippen LogP contribution >= 0.6 is 0 Å². The Bertz CT molecular complexity index is 557. The number of benzene rings is 1. The fourth-order valence-corrected chi connectivity index (χ4v) is 5.29. The molecule has 2 bridgehead atoms. The average molecular weight is 295 g/mol. The van der Waals surface area contributed by atoms with Gasteiger partial charge in [-0.3, -0.25) is 0 Å². The first-order chi connectivity index (χ1) is 10.1. The van der Waals surface area contributed by atoms with Gasteiger partial charge in [0.05, 0.1) is 0 Å². The second kappa shape index (κ2) is 4.73. The van der Waals surface area contributed by atoms with Crippen molar-refractivity contribution >= 4 is 0 Å². The van der Waals surface area contributed by atoms with Gasteiger partial charge < -0.3 is 5.32 Å². The molecule has 5 atom stereocenters. The quantitative estimate of drug-likeness (QED) is 0.826. The zero-order valence-corrected chi connectivity index (χ0v) is 12.1. The van der Waals surface area contributed by atoms with Crippen molar-refractivity contribution in [3.05, 3.63) is 35.1 Å². The molecular weight excluding hydrogens is 275 g/mol. The van der Waals surface area contributed by atoms with E-state index in [2.05, 4.69) is 5.32 Å². The molecule has 1 aromatic rings. The van der Waals surface area contributed by atoms with Crippen LogP contribution in [0, 0.1) is 47.0 Å². The SMILES string of the molecule is CCNC(c1cc(F)c(F)cc1F)C1C2C3CCC(C3)C21. The van der Waals surface area contributed by atoms with Gasteiger partial charge in [0.15, 0.2) is 11.6 Å². The first-order valence-corrected chi connectivity index (χ1v) is 7.99. The molecule has 3 aliphatic carbocycles. The first kappa shape index (κ1) is 13.6. The van der Waals surface area contributed by atoms with E-state index in [1.54, 1.807) is 0 Å². The highest BCUT2D eigenvalue weighted by molar-refractivity contribution is 5.28. The maximum absolute atomic E-state index is 14.1. The summed E-state index contributed by atoms with van der Waals surface area (Å²) in [5.74, 6) is 0.595. The summed E-state index contributed by atoms with van der Waals surface area (Å²) < 4.78 is 40.8. The van der Waals surface area contributed by atoms with Gasteiger partial charge in [-0.1, -0.05) is 6.92 Å². The molecule has 3 aliphatic rings. The van der Waals surface area contributed by atoms with Crippen LogP contribution < -0.4 is 5.32 Å². The van der Waals surface area contributed by atoms with E-state index in [4.69, 9.17) is 0 Å². The van der Waals surface area contributed by atoms with Gasteiger partial charge in [-0.15, -0.1) is 0 Å². The van der Waals surface area contributed by atoms with Crippen molar-refractivity contribution in [2.45, 2.75) is 32.2 Å². The Hall–Kier alpha value is -1.03. The maximum Gasteiger partial charge on any atom is 0.161 e. The second-order valence-electron chi connectivity index (χ2n) is 6.89. The smallest absolute Gasteiger partial charge is 0.161 e. The fraction of sp³-hybridized carbons (Fsp3) is 0.647. The van der Waals surface area contributed by atoms with Crippen LogP contribution in [0.25, 0.3) is 0 Å². The number of fused-ring (bicyclic) bond motifs is 5. The molecule has 3 saturated carbocycles. The number of nitrogens with one attached hydrogen (secondary N) is 1. The van der Waals surface area contributed by atoms with Crippen LogP contribution in [0.3, 0.4) is 0 Å². The van der Waals surface area contributed by atoms with E-state index in [9.17, 15) is 13.2 Å². The van der Waals surface area contributed by atoms with Gasteiger partial charge >= 0.3 is 0 Å². The molecule has 3 fully saturated rings. The van der Waals surface area contributed by atoms with Gasteiger partial charge in [0.25, 0.3) is 0 Å². The van der Waals surface area contributed by atoms with E-state index < -0.39 is 17.5 Å². The minimum absolute atomic E-state index is 0.177. The van der Waals surface area contributed by atoms with Gasteiger partial charge in [-0.05, 0) is 61.5 Å². The summed E-state index contributed by atoms with van der Waals surface area (Å²) in [7, 11) is 0. The summed E-state index contributed by atoms with van der Waals surface area (Å²) in [4.78, 5) is 0. The topological polar surface area (TPSA) is 12.0 Å². The third kappa shape index (κ3) is 1.95. The fourth-order valence-electron chi connectivity index (χ4n) is 5.29. The highest BCUT2D eigenvalue weighted by Gasteiger charge is 2.66. The molecule has 1 aromatic carbocycles. The molecule has 0 radical (unpaired) electrons. The van der Waals surface area contributed by atoms with Crippen molar-refractivity contribution in [1.82, 2.24) is 5.32 Å². The molecule has 0 saturated heterocycles. The van der Waals surface area contributed by atoms with Crippen LogP contribution in [0.15, 0.2) is 12.1 Å². The molecule has 21 heavy (non-hydrogen) atoms. The highest BCUT2D eigenvalue weighted by atomic mass is 19.2. The third-order valence-electron chi connectivity index (χ3n) is 5.98. The van der Waals surface area contributed by atoms with E-state index >= 15 is 0 Å². The van der Waals surface area contributed by atoms with Gasteiger partial charge in [0.2, 0.25) is 0 Å². The van der Waals surface area contributed by atoms with Crippen molar-refractivity contribution in [1.29, 1.82) is 0 Å². The predicted octanol–water partition coefficient (Wildman–Crippen LogP) is 4.05. The molecule has 0 aliphatic heterocycles. The molecule has 4 heteroatoms. The van der Waals surface area contributed by atoms with Crippen molar-refractivity contribution < 1.29 is 13.2 Å². The molecule has 4 rings (SSSR count). The normalized spacial score (nSPS) is 37.6. The molecule has 0 spiro atoms. The van der Waals surface area contributed by atoms with Gasteiger partial charge in [0.1, 0.15) is 5.82 Å². The molecule has 5 unspecified atom stereocenters.